The van der Waals surface area contributed by atoms with E-state index in [0.717, 1.165) is 31.3 Å². The standard InChI is InChI=1S/C15H24N2O3/c1-10(2)9-16(3)15(20)17-12-7-5-4-6-11(12)8-13(17)14(18)19/h11-13H,1,4-9H2,2-3H3,(H,18,19). The van der Waals surface area contributed by atoms with E-state index in [1.54, 1.807) is 16.8 Å². The Balaban J connectivity index is 2.18. The van der Waals surface area contributed by atoms with Gasteiger partial charge in [0.1, 0.15) is 6.04 Å². The van der Waals surface area contributed by atoms with E-state index >= 15 is 0 Å². The highest BCUT2D eigenvalue weighted by Gasteiger charge is 2.48. The van der Waals surface area contributed by atoms with Crippen LogP contribution in [0.25, 0.3) is 0 Å². The molecule has 0 aromatic carbocycles. The van der Waals surface area contributed by atoms with Crippen molar-refractivity contribution in [1.29, 1.82) is 0 Å². The van der Waals surface area contributed by atoms with Crippen LogP contribution in [-0.4, -0.2) is 52.6 Å². The summed E-state index contributed by atoms with van der Waals surface area (Å²) >= 11 is 0. The van der Waals surface area contributed by atoms with Crippen LogP contribution < -0.4 is 0 Å². The van der Waals surface area contributed by atoms with Crippen LogP contribution in [0.15, 0.2) is 12.2 Å². The first kappa shape index (κ1) is 14.9. The number of carboxylic acids is 1. The van der Waals surface area contributed by atoms with Crippen molar-refractivity contribution < 1.29 is 14.7 Å². The van der Waals surface area contributed by atoms with Gasteiger partial charge in [-0.05, 0) is 32.1 Å². The summed E-state index contributed by atoms with van der Waals surface area (Å²) in [6.45, 7) is 6.15. The lowest BCUT2D eigenvalue weighted by Crippen LogP contribution is -2.51. The van der Waals surface area contributed by atoms with Crippen LogP contribution in [0, 0.1) is 5.92 Å². The van der Waals surface area contributed by atoms with Gasteiger partial charge in [0.2, 0.25) is 0 Å². The van der Waals surface area contributed by atoms with Gasteiger partial charge in [-0.2, -0.15) is 0 Å². The van der Waals surface area contributed by atoms with Gasteiger partial charge in [-0.3, -0.25) is 0 Å². The molecule has 1 saturated carbocycles. The summed E-state index contributed by atoms with van der Waals surface area (Å²) in [4.78, 5) is 27.3. The van der Waals surface area contributed by atoms with Gasteiger partial charge in [-0.15, -0.1) is 0 Å². The summed E-state index contributed by atoms with van der Waals surface area (Å²) < 4.78 is 0. The Morgan fingerprint density at radius 1 is 1.35 bits per heavy atom. The first-order valence-corrected chi connectivity index (χ1v) is 7.32. The van der Waals surface area contributed by atoms with Crippen LogP contribution in [0.4, 0.5) is 4.79 Å². The molecule has 20 heavy (non-hydrogen) atoms. The fourth-order valence-corrected chi connectivity index (χ4v) is 3.63. The Bertz CT molecular complexity index is 421. The van der Waals surface area contributed by atoms with Gasteiger partial charge in [0, 0.05) is 19.6 Å². The minimum absolute atomic E-state index is 0.102. The number of carboxylic acid groups (broad SMARTS) is 1. The highest BCUT2D eigenvalue weighted by molar-refractivity contribution is 5.84. The number of rotatable bonds is 3. The van der Waals surface area contributed by atoms with Gasteiger partial charge in [0.05, 0.1) is 0 Å². The molecule has 1 aliphatic carbocycles. The third-order valence-corrected chi connectivity index (χ3v) is 4.43. The largest absolute Gasteiger partial charge is 0.480 e. The van der Waals surface area contributed by atoms with Crippen molar-refractivity contribution in [3.8, 4) is 0 Å². The lowest BCUT2D eigenvalue weighted by atomic mass is 9.85. The molecule has 1 saturated heterocycles. The molecule has 3 atom stereocenters. The summed E-state index contributed by atoms with van der Waals surface area (Å²) in [5.41, 5.74) is 0.895. The number of likely N-dealkylation sites (N-methyl/N-ethyl adjacent to an activating group) is 1. The van der Waals surface area contributed by atoms with Crippen LogP contribution >= 0.6 is 0 Å². The number of fused-ring (bicyclic) bond motifs is 1. The molecular weight excluding hydrogens is 256 g/mol. The topological polar surface area (TPSA) is 60.9 Å². The monoisotopic (exact) mass is 280 g/mol. The molecule has 0 bridgehead atoms. The SMILES string of the molecule is C=C(C)CN(C)C(=O)N1C(C(=O)O)CC2CCCCC21. The van der Waals surface area contributed by atoms with Gasteiger partial charge >= 0.3 is 12.0 Å². The van der Waals surface area contributed by atoms with Crippen molar-refractivity contribution in [2.45, 2.75) is 51.1 Å². The smallest absolute Gasteiger partial charge is 0.326 e. The fraction of sp³-hybridized carbons (Fsp3) is 0.733. The van der Waals surface area contributed by atoms with E-state index in [1.807, 2.05) is 6.92 Å². The van der Waals surface area contributed by atoms with Crippen molar-refractivity contribution in [3.63, 3.8) is 0 Å². The summed E-state index contributed by atoms with van der Waals surface area (Å²) in [5, 5.41) is 9.41. The third-order valence-electron chi connectivity index (χ3n) is 4.43. The van der Waals surface area contributed by atoms with Gasteiger partial charge < -0.3 is 14.9 Å². The van der Waals surface area contributed by atoms with Gasteiger partial charge in [-0.25, -0.2) is 9.59 Å². The van der Waals surface area contributed by atoms with E-state index in [0.29, 0.717) is 18.9 Å². The molecule has 2 fully saturated rings. The number of likely N-dealkylation sites (tertiary alicyclic amines) is 1. The zero-order valence-electron chi connectivity index (χ0n) is 12.3. The third kappa shape index (κ3) is 2.81. The van der Waals surface area contributed by atoms with Crippen molar-refractivity contribution in [1.82, 2.24) is 9.80 Å². The molecule has 5 heteroatoms. The first-order valence-electron chi connectivity index (χ1n) is 7.32. The number of carbonyl (C=O) groups excluding carboxylic acids is 1. The molecule has 0 aromatic heterocycles. The summed E-state index contributed by atoms with van der Waals surface area (Å²) in [6.07, 6.45) is 4.81. The quantitative estimate of drug-likeness (QED) is 0.807. The van der Waals surface area contributed by atoms with Crippen molar-refractivity contribution >= 4 is 12.0 Å². The van der Waals surface area contributed by atoms with E-state index in [2.05, 4.69) is 6.58 Å². The average Bonchev–Trinajstić information content (AvgIpc) is 2.76. The van der Waals surface area contributed by atoms with E-state index < -0.39 is 12.0 Å². The molecule has 2 amide bonds. The van der Waals surface area contributed by atoms with Crippen molar-refractivity contribution in [2.24, 2.45) is 5.92 Å². The Hall–Kier alpha value is -1.52. The zero-order chi connectivity index (χ0) is 14.9. The molecular formula is C15H24N2O3. The number of aliphatic carboxylic acids is 1. The maximum Gasteiger partial charge on any atom is 0.326 e. The number of carbonyl (C=O) groups is 2. The molecule has 2 rings (SSSR count). The van der Waals surface area contributed by atoms with E-state index in [1.165, 1.54) is 0 Å². The van der Waals surface area contributed by atoms with Gasteiger partial charge in [0.25, 0.3) is 0 Å². The first-order chi connectivity index (χ1) is 9.41. The van der Waals surface area contributed by atoms with Crippen LogP contribution in [0.1, 0.15) is 39.0 Å². The molecule has 1 aliphatic heterocycles. The van der Waals surface area contributed by atoms with E-state index in [-0.39, 0.29) is 12.1 Å². The lowest BCUT2D eigenvalue weighted by molar-refractivity contribution is -0.141. The molecule has 1 N–H and O–H groups in total. The summed E-state index contributed by atoms with van der Waals surface area (Å²) in [7, 11) is 1.71. The molecule has 3 unspecified atom stereocenters. The summed E-state index contributed by atoms with van der Waals surface area (Å²) in [5.74, 6) is -0.525. The van der Waals surface area contributed by atoms with Crippen LogP contribution in [0.2, 0.25) is 0 Å². The number of urea groups is 1. The molecule has 2 aliphatic rings. The Morgan fingerprint density at radius 2 is 2.00 bits per heavy atom. The second-order valence-electron chi connectivity index (χ2n) is 6.20. The minimum Gasteiger partial charge on any atom is -0.480 e. The Labute approximate surface area is 120 Å². The van der Waals surface area contributed by atoms with Crippen LogP contribution in [0.5, 0.6) is 0 Å². The maximum absolute atomic E-state index is 12.6. The fourth-order valence-electron chi connectivity index (χ4n) is 3.63. The molecule has 0 radical (unpaired) electrons. The van der Waals surface area contributed by atoms with Crippen molar-refractivity contribution in [3.05, 3.63) is 12.2 Å². The van der Waals surface area contributed by atoms with E-state index in [4.69, 9.17) is 0 Å². The average molecular weight is 280 g/mol. The Morgan fingerprint density at radius 3 is 2.60 bits per heavy atom. The predicted octanol–water partition coefficient (Wildman–Crippen LogP) is 2.33. The molecule has 0 aromatic rings. The van der Waals surface area contributed by atoms with Gasteiger partial charge in [-0.1, -0.05) is 25.0 Å². The number of hydrogen-bond acceptors (Lipinski definition) is 2. The minimum atomic E-state index is -0.878. The molecule has 5 nitrogen and oxygen atoms in total. The highest BCUT2D eigenvalue weighted by atomic mass is 16.4. The van der Waals surface area contributed by atoms with Crippen LogP contribution in [0.3, 0.4) is 0 Å². The summed E-state index contributed by atoms with van der Waals surface area (Å²) in [6, 6.07) is -0.733. The number of hydrogen-bond donors (Lipinski definition) is 1. The normalized spacial score (nSPS) is 28.9. The number of nitrogens with zero attached hydrogens (tertiary/aromatic N) is 2. The Kier molecular flexibility index (Phi) is 4.35. The zero-order valence-corrected chi connectivity index (χ0v) is 12.3. The second-order valence-corrected chi connectivity index (χ2v) is 6.20. The van der Waals surface area contributed by atoms with Crippen LogP contribution in [-0.2, 0) is 4.79 Å². The van der Waals surface area contributed by atoms with Crippen molar-refractivity contribution in [2.75, 3.05) is 13.6 Å². The predicted molar refractivity (Wildman–Crippen MR) is 76.5 cm³/mol. The highest BCUT2D eigenvalue weighted by Crippen LogP contribution is 2.40. The number of amides is 2. The second kappa shape index (κ2) is 5.85. The molecule has 0 spiro atoms. The lowest BCUT2D eigenvalue weighted by Gasteiger charge is -2.35. The van der Waals surface area contributed by atoms with Gasteiger partial charge in [0.15, 0.2) is 0 Å². The maximum atomic E-state index is 12.6. The molecule has 1 heterocycles. The van der Waals surface area contributed by atoms with E-state index in [9.17, 15) is 14.7 Å². The molecule has 112 valence electrons.